The molecule has 0 bridgehead atoms. The van der Waals surface area contributed by atoms with Crippen LogP contribution in [0.5, 0.6) is 0 Å². The molecule has 0 radical (unpaired) electrons. The molecule has 2 rings (SSSR count). The fourth-order valence-electron chi connectivity index (χ4n) is 1.87. The van der Waals surface area contributed by atoms with Gasteiger partial charge < -0.3 is 9.36 Å². The van der Waals surface area contributed by atoms with Crippen molar-refractivity contribution in [3.8, 4) is 17.5 Å². The smallest absolute Gasteiger partial charge is 0.163 e. The van der Waals surface area contributed by atoms with Crippen LogP contribution >= 0.6 is 0 Å². The largest absolute Gasteiger partial charge is 0.314 e. The lowest BCUT2D eigenvalue weighted by Crippen LogP contribution is -2.00. The lowest BCUT2D eigenvalue weighted by atomic mass is 10.1. The number of rotatable bonds is 5. The predicted molar refractivity (Wildman–Crippen MR) is 70.2 cm³/mol. The fourth-order valence-corrected chi connectivity index (χ4v) is 1.87. The quantitative estimate of drug-likeness (QED) is 0.603. The Morgan fingerprint density at radius 3 is 2.68 bits per heavy atom. The van der Waals surface area contributed by atoms with Crippen molar-refractivity contribution >= 4 is 6.29 Å². The van der Waals surface area contributed by atoms with E-state index in [1.165, 1.54) is 0 Å². The maximum Gasteiger partial charge on any atom is 0.163 e. The van der Waals surface area contributed by atoms with Crippen LogP contribution in [0.1, 0.15) is 24.2 Å². The van der Waals surface area contributed by atoms with E-state index < -0.39 is 0 Å². The molecule has 0 N–H and O–H groups in total. The van der Waals surface area contributed by atoms with Gasteiger partial charge in [-0.15, -0.1) is 10.2 Å². The van der Waals surface area contributed by atoms with E-state index in [4.69, 9.17) is 5.26 Å². The molecule has 0 spiro atoms. The SMILES string of the molecule is Cn1c(CCCC=O)nnc1-c1ccc(C#N)cc1. The molecule has 1 heterocycles. The van der Waals surface area contributed by atoms with E-state index in [9.17, 15) is 4.79 Å². The number of carbonyl (C=O) groups is 1. The normalized spacial score (nSPS) is 10.1. The van der Waals surface area contributed by atoms with Gasteiger partial charge in [0.25, 0.3) is 0 Å². The predicted octanol–water partition coefficient (Wildman–Crippen LogP) is 1.88. The molecular weight excluding hydrogens is 240 g/mol. The molecule has 1 aromatic heterocycles. The summed E-state index contributed by atoms with van der Waals surface area (Å²) < 4.78 is 1.92. The van der Waals surface area contributed by atoms with Crippen LogP contribution in [0.15, 0.2) is 24.3 Å². The van der Waals surface area contributed by atoms with Crippen LogP contribution in [-0.4, -0.2) is 21.1 Å². The Morgan fingerprint density at radius 2 is 2.05 bits per heavy atom. The first-order chi connectivity index (χ1) is 9.26. The highest BCUT2D eigenvalue weighted by molar-refractivity contribution is 5.56. The van der Waals surface area contributed by atoms with Gasteiger partial charge in [0.15, 0.2) is 5.82 Å². The Kier molecular flexibility index (Phi) is 4.04. The van der Waals surface area contributed by atoms with Crippen LogP contribution in [0.2, 0.25) is 0 Å². The van der Waals surface area contributed by atoms with Crippen molar-refractivity contribution in [2.24, 2.45) is 7.05 Å². The van der Waals surface area contributed by atoms with E-state index in [0.717, 1.165) is 36.3 Å². The number of aryl methyl sites for hydroxylation is 1. The van der Waals surface area contributed by atoms with Gasteiger partial charge >= 0.3 is 0 Å². The molecule has 0 amide bonds. The molecule has 96 valence electrons. The highest BCUT2D eigenvalue weighted by Crippen LogP contribution is 2.18. The Labute approximate surface area is 111 Å². The minimum Gasteiger partial charge on any atom is -0.314 e. The van der Waals surface area contributed by atoms with Crippen molar-refractivity contribution in [1.82, 2.24) is 14.8 Å². The average Bonchev–Trinajstić information content (AvgIpc) is 2.81. The second-order valence-corrected chi connectivity index (χ2v) is 4.25. The Bertz CT molecular complexity index is 607. The van der Waals surface area contributed by atoms with Gasteiger partial charge in [0.2, 0.25) is 0 Å². The minimum absolute atomic E-state index is 0.541. The topological polar surface area (TPSA) is 71.6 Å². The van der Waals surface area contributed by atoms with Crippen molar-refractivity contribution in [3.05, 3.63) is 35.7 Å². The first-order valence-corrected chi connectivity index (χ1v) is 6.08. The Hall–Kier alpha value is -2.48. The number of benzene rings is 1. The molecule has 0 aliphatic heterocycles. The summed E-state index contributed by atoms with van der Waals surface area (Å²) in [4.78, 5) is 10.3. The summed E-state index contributed by atoms with van der Waals surface area (Å²) in [5.74, 6) is 1.63. The Balaban J connectivity index is 2.20. The van der Waals surface area contributed by atoms with Gasteiger partial charge in [-0.2, -0.15) is 5.26 Å². The third kappa shape index (κ3) is 2.86. The van der Waals surface area contributed by atoms with Crippen molar-refractivity contribution in [1.29, 1.82) is 5.26 Å². The number of nitriles is 1. The zero-order valence-corrected chi connectivity index (χ0v) is 10.7. The van der Waals surface area contributed by atoms with Gasteiger partial charge in [-0.25, -0.2) is 0 Å². The molecule has 0 atom stereocenters. The third-order valence-corrected chi connectivity index (χ3v) is 2.96. The number of nitrogens with zero attached hydrogens (tertiary/aromatic N) is 4. The second kappa shape index (κ2) is 5.91. The van der Waals surface area contributed by atoms with Crippen LogP contribution in [0, 0.1) is 11.3 Å². The van der Waals surface area contributed by atoms with Crippen LogP contribution in [0.4, 0.5) is 0 Å². The van der Waals surface area contributed by atoms with Gasteiger partial charge in [0.1, 0.15) is 12.1 Å². The lowest BCUT2D eigenvalue weighted by Gasteiger charge is -2.03. The van der Waals surface area contributed by atoms with Gasteiger partial charge in [0, 0.05) is 25.5 Å². The molecule has 5 nitrogen and oxygen atoms in total. The molecule has 0 saturated carbocycles. The summed E-state index contributed by atoms with van der Waals surface area (Å²) in [7, 11) is 1.91. The van der Waals surface area contributed by atoms with Crippen molar-refractivity contribution in [2.75, 3.05) is 0 Å². The first-order valence-electron chi connectivity index (χ1n) is 6.08. The van der Waals surface area contributed by atoms with Gasteiger partial charge in [-0.05, 0) is 30.7 Å². The maximum atomic E-state index is 10.3. The maximum absolute atomic E-state index is 10.3. The summed E-state index contributed by atoms with van der Waals surface area (Å²) in [5.41, 5.74) is 1.55. The van der Waals surface area contributed by atoms with Crippen LogP contribution in [0.25, 0.3) is 11.4 Å². The number of carbonyl (C=O) groups excluding carboxylic acids is 1. The zero-order valence-electron chi connectivity index (χ0n) is 10.7. The molecule has 0 unspecified atom stereocenters. The van der Waals surface area contributed by atoms with Crippen molar-refractivity contribution in [3.63, 3.8) is 0 Å². The van der Waals surface area contributed by atoms with Crippen LogP contribution in [0.3, 0.4) is 0 Å². The second-order valence-electron chi connectivity index (χ2n) is 4.25. The summed E-state index contributed by atoms with van der Waals surface area (Å²) in [6.45, 7) is 0. The molecule has 0 saturated heterocycles. The first kappa shape index (κ1) is 13.0. The standard InChI is InChI=1S/C14H14N4O/c1-18-13(4-2-3-9-19)16-17-14(18)12-7-5-11(10-15)6-8-12/h5-9H,2-4H2,1H3. The molecule has 19 heavy (non-hydrogen) atoms. The minimum atomic E-state index is 0.541. The van der Waals surface area contributed by atoms with Crippen LogP contribution in [-0.2, 0) is 18.3 Å². The van der Waals surface area contributed by atoms with E-state index in [-0.39, 0.29) is 0 Å². The van der Waals surface area contributed by atoms with Gasteiger partial charge in [-0.3, -0.25) is 0 Å². The number of hydrogen-bond acceptors (Lipinski definition) is 4. The zero-order chi connectivity index (χ0) is 13.7. The third-order valence-electron chi connectivity index (χ3n) is 2.96. The molecule has 5 heteroatoms. The monoisotopic (exact) mass is 254 g/mol. The molecule has 2 aromatic rings. The summed E-state index contributed by atoms with van der Waals surface area (Å²) in [5, 5.41) is 17.1. The highest BCUT2D eigenvalue weighted by atomic mass is 16.1. The van der Waals surface area contributed by atoms with Crippen molar-refractivity contribution in [2.45, 2.75) is 19.3 Å². The number of unbranched alkanes of at least 4 members (excludes halogenated alkanes) is 1. The average molecular weight is 254 g/mol. The molecular formula is C14H14N4O. The summed E-state index contributed by atoms with van der Waals surface area (Å²) in [6, 6.07) is 9.32. The number of aromatic nitrogens is 3. The van der Waals surface area contributed by atoms with E-state index in [0.29, 0.717) is 12.0 Å². The Morgan fingerprint density at radius 1 is 1.32 bits per heavy atom. The fraction of sp³-hybridized carbons (Fsp3) is 0.286. The van der Waals surface area contributed by atoms with Crippen LogP contribution < -0.4 is 0 Å². The summed E-state index contributed by atoms with van der Waals surface area (Å²) in [6.07, 6.45) is 2.97. The lowest BCUT2D eigenvalue weighted by molar-refractivity contribution is -0.107. The van der Waals surface area contributed by atoms with E-state index in [1.807, 2.05) is 23.7 Å². The molecule has 0 aliphatic carbocycles. The molecule has 0 aliphatic rings. The van der Waals surface area contributed by atoms with Crippen molar-refractivity contribution < 1.29 is 4.79 Å². The highest BCUT2D eigenvalue weighted by Gasteiger charge is 2.10. The van der Waals surface area contributed by atoms with E-state index >= 15 is 0 Å². The summed E-state index contributed by atoms with van der Waals surface area (Å²) >= 11 is 0. The number of hydrogen-bond donors (Lipinski definition) is 0. The molecule has 0 fully saturated rings. The van der Waals surface area contributed by atoms with E-state index in [2.05, 4.69) is 16.3 Å². The molecule has 1 aromatic carbocycles. The van der Waals surface area contributed by atoms with E-state index in [1.54, 1.807) is 12.1 Å². The van der Waals surface area contributed by atoms with Gasteiger partial charge in [0.05, 0.1) is 11.6 Å². The van der Waals surface area contributed by atoms with Gasteiger partial charge in [-0.1, -0.05) is 0 Å². The number of aldehydes is 1.